The highest BCUT2D eigenvalue weighted by Gasteiger charge is 2.29. The molecule has 0 aliphatic rings. The molecule has 0 saturated heterocycles. The van der Waals surface area contributed by atoms with Crippen molar-refractivity contribution < 1.29 is 22.7 Å². The maximum Gasteiger partial charge on any atom is 0.416 e. The second kappa shape index (κ2) is 6.80. The van der Waals surface area contributed by atoms with Gasteiger partial charge in [-0.25, -0.2) is 0 Å². The molecule has 3 aromatic rings. The van der Waals surface area contributed by atoms with E-state index < -0.39 is 17.6 Å². The molecule has 7 heteroatoms. The number of halogens is 3. The maximum absolute atomic E-state index is 12.5. The number of pyridine rings is 1. The average Bonchev–Trinajstić information content (AvgIpc) is 2.59. The molecule has 0 radical (unpaired) electrons. The lowest BCUT2D eigenvalue weighted by molar-refractivity contribution is -0.137. The highest BCUT2D eigenvalue weighted by Crippen LogP contribution is 2.29. The molecule has 4 nitrogen and oxygen atoms in total. The van der Waals surface area contributed by atoms with Crippen molar-refractivity contribution >= 4 is 22.5 Å². The number of hydrogen-bond donors (Lipinski definition) is 1. The van der Waals surface area contributed by atoms with E-state index in [4.69, 9.17) is 4.74 Å². The summed E-state index contributed by atoms with van der Waals surface area (Å²) in [6.07, 6.45) is -2.79. The van der Waals surface area contributed by atoms with Crippen LogP contribution in [0.25, 0.3) is 10.9 Å². The Morgan fingerprint density at radius 3 is 2.48 bits per heavy atom. The van der Waals surface area contributed by atoms with Gasteiger partial charge in [0.05, 0.1) is 5.56 Å². The number of fused-ring (bicyclic) bond motifs is 1. The summed E-state index contributed by atoms with van der Waals surface area (Å²) >= 11 is 0. The number of aromatic nitrogens is 1. The zero-order valence-electron chi connectivity index (χ0n) is 12.9. The van der Waals surface area contributed by atoms with Crippen LogP contribution >= 0.6 is 0 Å². The molecular weight excluding hydrogens is 333 g/mol. The van der Waals surface area contributed by atoms with Gasteiger partial charge in [0.25, 0.3) is 5.91 Å². The number of rotatable bonds is 4. The zero-order chi connectivity index (χ0) is 17.9. The highest BCUT2D eigenvalue weighted by molar-refractivity contribution is 5.92. The minimum absolute atomic E-state index is 0.262. The van der Waals surface area contributed by atoms with Gasteiger partial charge in [-0.1, -0.05) is 18.2 Å². The highest BCUT2D eigenvalue weighted by atomic mass is 19.4. The van der Waals surface area contributed by atoms with Crippen molar-refractivity contribution in [3.05, 3.63) is 66.4 Å². The van der Waals surface area contributed by atoms with E-state index >= 15 is 0 Å². The third kappa shape index (κ3) is 4.06. The molecule has 0 fully saturated rings. The number of nitrogens with one attached hydrogen (secondary N) is 1. The first-order valence-corrected chi connectivity index (χ1v) is 7.37. The van der Waals surface area contributed by atoms with Crippen molar-refractivity contribution in [3.8, 4) is 5.75 Å². The third-order valence-electron chi connectivity index (χ3n) is 3.45. The lowest BCUT2D eigenvalue weighted by atomic mass is 10.2. The van der Waals surface area contributed by atoms with Crippen molar-refractivity contribution in [3.63, 3.8) is 0 Å². The van der Waals surface area contributed by atoms with Gasteiger partial charge in [0.1, 0.15) is 11.3 Å². The van der Waals surface area contributed by atoms with Crippen molar-refractivity contribution in [2.24, 2.45) is 0 Å². The van der Waals surface area contributed by atoms with E-state index in [1.807, 2.05) is 12.1 Å². The summed E-state index contributed by atoms with van der Waals surface area (Å²) in [6, 6.07) is 13.2. The predicted molar refractivity (Wildman–Crippen MR) is 87.3 cm³/mol. The molecule has 0 aliphatic carbocycles. The Morgan fingerprint density at radius 2 is 1.76 bits per heavy atom. The summed E-state index contributed by atoms with van der Waals surface area (Å²) in [5.74, 6) is -0.0200. The lowest BCUT2D eigenvalue weighted by Gasteiger charge is -2.10. The Labute approximate surface area is 141 Å². The van der Waals surface area contributed by atoms with Crippen molar-refractivity contribution in [2.75, 3.05) is 11.9 Å². The van der Waals surface area contributed by atoms with Gasteiger partial charge in [0.15, 0.2) is 6.61 Å². The first-order chi connectivity index (χ1) is 11.9. The minimum Gasteiger partial charge on any atom is -0.481 e. The van der Waals surface area contributed by atoms with Crippen LogP contribution in [0, 0.1) is 0 Å². The summed E-state index contributed by atoms with van der Waals surface area (Å²) in [5, 5.41) is 3.37. The average molecular weight is 346 g/mol. The number of alkyl halides is 3. The van der Waals surface area contributed by atoms with Gasteiger partial charge >= 0.3 is 6.18 Å². The lowest BCUT2D eigenvalue weighted by Crippen LogP contribution is -2.20. The van der Waals surface area contributed by atoms with Gasteiger partial charge in [0, 0.05) is 17.3 Å². The summed E-state index contributed by atoms with van der Waals surface area (Å²) in [4.78, 5) is 16.1. The van der Waals surface area contributed by atoms with Gasteiger partial charge in [-0.15, -0.1) is 0 Å². The monoisotopic (exact) mass is 346 g/mol. The van der Waals surface area contributed by atoms with Crippen molar-refractivity contribution in [1.82, 2.24) is 4.98 Å². The first kappa shape index (κ1) is 16.8. The number of ether oxygens (including phenoxy) is 1. The molecule has 1 N–H and O–H groups in total. The normalized spacial score (nSPS) is 11.3. The summed E-state index contributed by atoms with van der Waals surface area (Å²) in [5.41, 5.74) is 0.119. The third-order valence-corrected chi connectivity index (χ3v) is 3.45. The minimum atomic E-state index is -4.41. The Hall–Kier alpha value is -3.09. The Bertz CT molecular complexity index is 887. The molecule has 1 aromatic heterocycles. The van der Waals surface area contributed by atoms with E-state index in [0.29, 0.717) is 11.3 Å². The number of carbonyl (C=O) groups excluding carboxylic acids is 1. The van der Waals surface area contributed by atoms with Gasteiger partial charge in [-0.3, -0.25) is 9.78 Å². The van der Waals surface area contributed by atoms with Crippen LogP contribution in [0.3, 0.4) is 0 Å². The van der Waals surface area contributed by atoms with Crippen LogP contribution in [0.5, 0.6) is 5.75 Å². The number of nitrogens with zero attached hydrogens (tertiary/aromatic N) is 1. The number of benzene rings is 2. The zero-order valence-corrected chi connectivity index (χ0v) is 12.9. The summed E-state index contributed by atoms with van der Waals surface area (Å²) < 4.78 is 43.0. The van der Waals surface area contributed by atoms with Gasteiger partial charge in [0.2, 0.25) is 0 Å². The van der Waals surface area contributed by atoms with E-state index in [1.54, 1.807) is 24.4 Å². The summed E-state index contributed by atoms with van der Waals surface area (Å²) in [7, 11) is 0. The fourth-order valence-electron chi connectivity index (χ4n) is 2.28. The molecule has 128 valence electrons. The smallest absolute Gasteiger partial charge is 0.416 e. The van der Waals surface area contributed by atoms with Crippen LogP contribution in [0.15, 0.2) is 60.8 Å². The van der Waals surface area contributed by atoms with Crippen LogP contribution in [0.2, 0.25) is 0 Å². The topological polar surface area (TPSA) is 51.2 Å². The molecule has 25 heavy (non-hydrogen) atoms. The Morgan fingerprint density at radius 1 is 1.04 bits per heavy atom. The fraction of sp³-hybridized carbons (Fsp3) is 0.111. The van der Waals surface area contributed by atoms with Crippen molar-refractivity contribution in [2.45, 2.75) is 6.18 Å². The number of amides is 1. The van der Waals surface area contributed by atoms with E-state index in [-0.39, 0.29) is 12.3 Å². The number of anilines is 1. The largest absolute Gasteiger partial charge is 0.481 e. The SMILES string of the molecule is O=C(COc1cccc2cccnc12)Nc1ccc(C(F)(F)F)cc1. The van der Waals surface area contributed by atoms with Gasteiger partial charge < -0.3 is 10.1 Å². The van der Waals surface area contributed by atoms with Gasteiger partial charge in [-0.2, -0.15) is 13.2 Å². The first-order valence-electron chi connectivity index (χ1n) is 7.37. The molecule has 1 heterocycles. The molecule has 0 spiro atoms. The summed E-state index contributed by atoms with van der Waals surface area (Å²) in [6.45, 7) is -0.281. The molecule has 0 unspecified atom stereocenters. The second-order valence-corrected chi connectivity index (χ2v) is 5.24. The van der Waals surface area contributed by atoms with Gasteiger partial charge in [-0.05, 0) is 36.4 Å². The van der Waals surface area contributed by atoms with Crippen molar-refractivity contribution in [1.29, 1.82) is 0 Å². The standard InChI is InChI=1S/C18H13F3N2O2/c19-18(20,21)13-6-8-14(9-7-13)23-16(24)11-25-15-5-1-3-12-4-2-10-22-17(12)15/h1-10H,11H2,(H,23,24). The maximum atomic E-state index is 12.5. The van der Waals surface area contributed by atoms with Crippen LogP contribution in [-0.4, -0.2) is 17.5 Å². The Kier molecular flexibility index (Phi) is 4.56. The molecule has 3 rings (SSSR count). The predicted octanol–water partition coefficient (Wildman–Crippen LogP) is 4.27. The van der Waals surface area contributed by atoms with Crippen LogP contribution in [0.1, 0.15) is 5.56 Å². The molecule has 0 atom stereocenters. The molecule has 2 aromatic carbocycles. The van der Waals surface area contributed by atoms with E-state index in [0.717, 1.165) is 17.5 Å². The molecule has 0 bridgehead atoms. The van der Waals surface area contributed by atoms with E-state index in [2.05, 4.69) is 10.3 Å². The Balaban J connectivity index is 1.63. The number of carbonyl (C=O) groups is 1. The number of para-hydroxylation sites is 1. The van der Waals surface area contributed by atoms with Crippen LogP contribution in [0.4, 0.5) is 18.9 Å². The quantitative estimate of drug-likeness (QED) is 0.767. The van der Waals surface area contributed by atoms with Crippen LogP contribution in [-0.2, 0) is 11.0 Å². The van der Waals surface area contributed by atoms with E-state index in [1.165, 1.54) is 12.1 Å². The number of hydrogen-bond acceptors (Lipinski definition) is 3. The molecule has 1 amide bonds. The second-order valence-electron chi connectivity index (χ2n) is 5.24. The molecule has 0 saturated carbocycles. The fourth-order valence-corrected chi connectivity index (χ4v) is 2.28. The van der Waals surface area contributed by atoms with E-state index in [9.17, 15) is 18.0 Å². The molecule has 0 aliphatic heterocycles. The molecular formula is C18H13F3N2O2. The van der Waals surface area contributed by atoms with Crippen LogP contribution < -0.4 is 10.1 Å².